The van der Waals surface area contributed by atoms with Crippen molar-refractivity contribution in [3.05, 3.63) is 17.7 Å². The molecule has 0 unspecified atom stereocenters. The van der Waals surface area contributed by atoms with Crippen molar-refractivity contribution in [2.75, 3.05) is 34.4 Å². The Kier molecular flexibility index (Phi) is 7.98. The van der Waals surface area contributed by atoms with Crippen molar-refractivity contribution in [3.8, 4) is 17.2 Å². The molecule has 1 saturated carbocycles. The van der Waals surface area contributed by atoms with Gasteiger partial charge in [-0.2, -0.15) is 0 Å². The molecule has 6 nitrogen and oxygen atoms in total. The second kappa shape index (κ2) is 9.47. The lowest BCUT2D eigenvalue weighted by Gasteiger charge is -2.15. The maximum atomic E-state index is 11.9. The van der Waals surface area contributed by atoms with Crippen molar-refractivity contribution in [1.82, 2.24) is 10.6 Å². The fourth-order valence-electron chi connectivity index (χ4n) is 2.21. The van der Waals surface area contributed by atoms with Crippen LogP contribution in [-0.4, -0.2) is 40.3 Å². The van der Waals surface area contributed by atoms with E-state index in [0.717, 1.165) is 18.0 Å². The molecule has 0 aromatic heterocycles. The molecule has 1 aliphatic rings. The standard InChI is InChI=1S/C16H24N2O4.ClH/c1-20-12-6-14(21-2)13(15(7-12)22-3)9-18-16(19)10-17-8-11-4-5-11;/h6-7,11,17H,4-5,8-10H2,1-3H3,(H,18,19);1H. The first-order valence-corrected chi connectivity index (χ1v) is 7.44. The molecule has 1 fully saturated rings. The molecule has 0 atom stereocenters. The Bertz CT molecular complexity index is 496. The zero-order valence-electron chi connectivity index (χ0n) is 13.8. The van der Waals surface area contributed by atoms with Crippen LogP contribution >= 0.6 is 12.4 Å². The van der Waals surface area contributed by atoms with Gasteiger partial charge < -0.3 is 24.8 Å². The van der Waals surface area contributed by atoms with Crippen LogP contribution < -0.4 is 24.8 Å². The van der Waals surface area contributed by atoms with Gasteiger partial charge in [-0.05, 0) is 25.3 Å². The van der Waals surface area contributed by atoms with E-state index in [2.05, 4.69) is 10.6 Å². The van der Waals surface area contributed by atoms with Crippen molar-refractivity contribution < 1.29 is 19.0 Å². The van der Waals surface area contributed by atoms with Crippen molar-refractivity contribution in [1.29, 1.82) is 0 Å². The van der Waals surface area contributed by atoms with Crippen LogP contribution in [0.4, 0.5) is 0 Å². The molecule has 0 bridgehead atoms. The Balaban J connectivity index is 0.00000264. The maximum absolute atomic E-state index is 11.9. The molecule has 2 N–H and O–H groups in total. The van der Waals surface area contributed by atoms with E-state index in [1.807, 2.05) is 0 Å². The van der Waals surface area contributed by atoms with Gasteiger partial charge >= 0.3 is 0 Å². The van der Waals surface area contributed by atoms with Gasteiger partial charge in [0, 0.05) is 12.1 Å². The highest BCUT2D eigenvalue weighted by Gasteiger charge is 2.20. The summed E-state index contributed by atoms with van der Waals surface area (Å²) in [6.45, 7) is 1.60. The van der Waals surface area contributed by atoms with Gasteiger partial charge in [0.1, 0.15) is 17.2 Å². The number of amides is 1. The Labute approximate surface area is 143 Å². The summed E-state index contributed by atoms with van der Waals surface area (Å²) in [5.74, 6) is 2.62. The second-order valence-corrected chi connectivity index (χ2v) is 5.36. The van der Waals surface area contributed by atoms with Crippen LogP contribution in [-0.2, 0) is 11.3 Å². The zero-order valence-corrected chi connectivity index (χ0v) is 14.6. The first kappa shape index (κ1) is 19.4. The summed E-state index contributed by atoms with van der Waals surface area (Å²) >= 11 is 0. The van der Waals surface area contributed by atoms with Crippen LogP contribution in [0.3, 0.4) is 0 Å². The van der Waals surface area contributed by atoms with Crippen LogP contribution in [0.25, 0.3) is 0 Å². The fraction of sp³-hybridized carbons (Fsp3) is 0.562. The lowest BCUT2D eigenvalue weighted by atomic mass is 10.1. The van der Waals surface area contributed by atoms with E-state index < -0.39 is 0 Å². The van der Waals surface area contributed by atoms with Crippen molar-refractivity contribution in [2.24, 2.45) is 5.92 Å². The van der Waals surface area contributed by atoms with Crippen LogP contribution in [0.1, 0.15) is 18.4 Å². The van der Waals surface area contributed by atoms with Crippen LogP contribution in [0.5, 0.6) is 17.2 Å². The first-order chi connectivity index (χ1) is 10.7. The highest BCUT2D eigenvalue weighted by Crippen LogP contribution is 2.33. The molecule has 23 heavy (non-hydrogen) atoms. The minimum Gasteiger partial charge on any atom is -0.496 e. The molecule has 1 aromatic carbocycles. The Morgan fingerprint density at radius 2 is 1.74 bits per heavy atom. The third-order valence-corrected chi connectivity index (χ3v) is 3.69. The van der Waals surface area contributed by atoms with E-state index in [9.17, 15) is 4.79 Å². The van der Waals surface area contributed by atoms with Gasteiger partial charge in [0.15, 0.2) is 0 Å². The van der Waals surface area contributed by atoms with E-state index >= 15 is 0 Å². The summed E-state index contributed by atoms with van der Waals surface area (Å²) in [7, 11) is 4.74. The second-order valence-electron chi connectivity index (χ2n) is 5.36. The monoisotopic (exact) mass is 344 g/mol. The molecular formula is C16H25ClN2O4. The summed E-state index contributed by atoms with van der Waals surface area (Å²) in [6, 6.07) is 3.55. The largest absolute Gasteiger partial charge is 0.496 e. The van der Waals surface area contributed by atoms with Gasteiger partial charge in [-0.1, -0.05) is 0 Å². The molecule has 1 aromatic rings. The average molecular weight is 345 g/mol. The molecule has 0 aliphatic heterocycles. The van der Waals surface area contributed by atoms with Crippen LogP contribution in [0.15, 0.2) is 12.1 Å². The number of halogens is 1. The van der Waals surface area contributed by atoms with E-state index in [0.29, 0.717) is 30.3 Å². The minimum atomic E-state index is -0.0411. The van der Waals surface area contributed by atoms with Gasteiger partial charge in [0.05, 0.1) is 40.0 Å². The maximum Gasteiger partial charge on any atom is 0.234 e. The summed E-state index contributed by atoms with van der Waals surface area (Å²) < 4.78 is 15.9. The van der Waals surface area contributed by atoms with Crippen LogP contribution in [0, 0.1) is 5.92 Å². The lowest BCUT2D eigenvalue weighted by molar-refractivity contribution is -0.120. The smallest absolute Gasteiger partial charge is 0.234 e. The zero-order chi connectivity index (χ0) is 15.9. The number of benzene rings is 1. The third-order valence-electron chi connectivity index (χ3n) is 3.69. The molecule has 130 valence electrons. The Morgan fingerprint density at radius 3 is 2.22 bits per heavy atom. The highest BCUT2D eigenvalue weighted by molar-refractivity contribution is 5.85. The summed E-state index contributed by atoms with van der Waals surface area (Å²) in [4.78, 5) is 11.9. The summed E-state index contributed by atoms with van der Waals surface area (Å²) in [6.07, 6.45) is 2.55. The van der Waals surface area contributed by atoms with Crippen molar-refractivity contribution in [2.45, 2.75) is 19.4 Å². The molecule has 0 saturated heterocycles. The number of ether oxygens (including phenoxy) is 3. The number of carbonyl (C=O) groups excluding carboxylic acids is 1. The van der Waals surface area contributed by atoms with E-state index in [4.69, 9.17) is 14.2 Å². The Hall–Kier alpha value is -1.66. The van der Waals surface area contributed by atoms with Gasteiger partial charge in [-0.25, -0.2) is 0 Å². The normalized spacial score (nSPS) is 13.0. The predicted molar refractivity (Wildman–Crippen MR) is 90.8 cm³/mol. The SMILES string of the molecule is COc1cc(OC)c(CNC(=O)CNCC2CC2)c(OC)c1.Cl. The molecule has 7 heteroatoms. The number of methoxy groups -OCH3 is 3. The number of rotatable bonds is 9. The number of carbonyl (C=O) groups is 1. The number of hydrogen-bond donors (Lipinski definition) is 2. The lowest BCUT2D eigenvalue weighted by Crippen LogP contribution is -2.34. The number of hydrogen-bond acceptors (Lipinski definition) is 5. The topological polar surface area (TPSA) is 68.8 Å². The quantitative estimate of drug-likeness (QED) is 0.714. The molecule has 0 spiro atoms. The summed E-state index contributed by atoms with van der Waals surface area (Å²) in [5.41, 5.74) is 0.793. The van der Waals surface area contributed by atoms with Gasteiger partial charge in [0.2, 0.25) is 5.91 Å². The molecule has 2 rings (SSSR count). The molecule has 0 radical (unpaired) electrons. The van der Waals surface area contributed by atoms with Crippen LogP contribution in [0.2, 0.25) is 0 Å². The van der Waals surface area contributed by atoms with Gasteiger partial charge in [0.25, 0.3) is 0 Å². The van der Waals surface area contributed by atoms with E-state index in [1.165, 1.54) is 12.8 Å². The third kappa shape index (κ3) is 5.80. The molecule has 0 heterocycles. The fourth-order valence-corrected chi connectivity index (χ4v) is 2.21. The predicted octanol–water partition coefficient (Wildman–Crippen LogP) is 1.75. The van der Waals surface area contributed by atoms with Crippen molar-refractivity contribution >= 4 is 18.3 Å². The first-order valence-electron chi connectivity index (χ1n) is 7.44. The number of nitrogens with one attached hydrogen (secondary N) is 2. The van der Waals surface area contributed by atoms with Crippen molar-refractivity contribution in [3.63, 3.8) is 0 Å². The summed E-state index contributed by atoms with van der Waals surface area (Å²) in [5, 5.41) is 6.04. The van der Waals surface area contributed by atoms with Gasteiger partial charge in [-0.15, -0.1) is 12.4 Å². The highest BCUT2D eigenvalue weighted by atomic mass is 35.5. The van der Waals surface area contributed by atoms with E-state index in [-0.39, 0.29) is 18.3 Å². The Morgan fingerprint density at radius 1 is 1.13 bits per heavy atom. The van der Waals surface area contributed by atoms with E-state index in [1.54, 1.807) is 33.5 Å². The average Bonchev–Trinajstić information content (AvgIpc) is 3.36. The van der Waals surface area contributed by atoms with Gasteiger partial charge in [-0.3, -0.25) is 4.79 Å². The molecular weight excluding hydrogens is 320 g/mol. The minimum absolute atomic E-state index is 0. The molecule has 1 amide bonds. The molecule has 1 aliphatic carbocycles.